The Morgan fingerprint density at radius 2 is 1.39 bits per heavy atom. The first kappa shape index (κ1) is 13.1. The molecule has 0 amide bonds. The highest BCUT2D eigenvalue weighted by atomic mass is 19.2. The topological polar surface area (TPSA) is 12.0 Å². The van der Waals surface area contributed by atoms with Crippen LogP contribution in [0.15, 0.2) is 0 Å². The van der Waals surface area contributed by atoms with Crippen molar-refractivity contribution in [3.63, 3.8) is 0 Å². The van der Waals surface area contributed by atoms with Gasteiger partial charge in [-0.2, -0.15) is 0 Å². The summed E-state index contributed by atoms with van der Waals surface area (Å²) in [7, 11) is 0. The van der Waals surface area contributed by atoms with Crippen molar-refractivity contribution in [2.45, 2.75) is 19.8 Å². The molecule has 1 unspecified atom stereocenters. The van der Waals surface area contributed by atoms with Crippen molar-refractivity contribution < 1.29 is 22.0 Å². The van der Waals surface area contributed by atoms with E-state index in [0.717, 1.165) is 12.8 Å². The van der Waals surface area contributed by atoms with Crippen LogP contribution < -0.4 is 5.32 Å². The van der Waals surface area contributed by atoms with E-state index in [4.69, 9.17) is 0 Å². The molecule has 0 aromatic heterocycles. The fourth-order valence-electron chi connectivity index (χ4n) is 1.86. The van der Waals surface area contributed by atoms with Gasteiger partial charge in [-0.25, -0.2) is 22.0 Å². The van der Waals surface area contributed by atoms with E-state index in [-0.39, 0.29) is 12.5 Å². The lowest BCUT2D eigenvalue weighted by atomic mass is 10.1. The molecule has 1 aromatic carbocycles. The minimum Gasteiger partial charge on any atom is -0.380 e. The minimum absolute atomic E-state index is 0.139. The van der Waals surface area contributed by atoms with Crippen molar-refractivity contribution in [2.75, 3.05) is 11.9 Å². The van der Waals surface area contributed by atoms with Crippen LogP contribution in [-0.2, 0) is 0 Å². The lowest BCUT2D eigenvalue weighted by Gasteiger charge is -2.14. The summed E-state index contributed by atoms with van der Waals surface area (Å²) in [5.41, 5.74) is -0.945. The van der Waals surface area contributed by atoms with Crippen LogP contribution in [-0.4, -0.2) is 6.54 Å². The highest BCUT2D eigenvalue weighted by Gasteiger charge is 2.29. The van der Waals surface area contributed by atoms with Crippen molar-refractivity contribution >= 4 is 5.69 Å². The number of benzene rings is 1. The first-order chi connectivity index (χ1) is 8.43. The molecule has 0 radical (unpaired) electrons. The molecule has 2 rings (SSSR count). The number of hydrogen-bond acceptors (Lipinski definition) is 1. The quantitative estimate of drug-likeness (QED) is 0.495. The van der Waals surface area contributed by atoms with Crippen LogP contribution in [0.3, 0.4) is 0 Å². The van der Waals surface area contributed by atoms with Crippen LogP contribution >= 0.6 is 0 Å². The minimum atomic E-state index is -2.13. The molecule has 1 N–H and O–H groups in total. The van der Waals surface area contributed by atoms with Crippen molar-refractivity contribution in [3.05, 3.63) is 29.1 Å². The van der Waals surface area contributed by atoms with Crippen LogP contribution in [0.25, 0.3) is 0 Å². The molecule has 1 fully saturated rings. The first-order valence-electron chi connectivity index (χ1n) is 5.68. The van der Waals surface area contributed by atoms with Gasteiger partial charge in [0.05, 0.1) is 0 Å². The maximum Gasteiger partial charge on any atom is 0.200 e. The zero-order chi connectivity index (χ0) is 13.4. The Balaban J connectivity index is 2.21. The zero-order valence-electron chi connectivity index (χ0n) is 9.67. The molecule has 1 saturated carbocycles. The van der Waals surface area contributed by atoms with Crippen molar-refractivity contribution in [1.82, 2.24) is 0 Å². The highest BCUT2D eigenvalue weighted by Crippen LogP contribution is 2.37. The first-order valence-corrected chi connectivity index (χ1v) is 5.68. The maximum atomic E-state index is 13.3. The molecule has 0 spiro atoms. The Morgan fingerprint density at radius 1 is 0.944 bits per heavy atom. The molecule has 100 valence electrons. The van der Waals surface area contributed by atoms with Crippen LogP contribution in [0, 0.1) is 40.9 Å². The second-order valence-corrected chi connectivity index (χ2v) is 4.64. The summed E-state index contributed by atoms with van der Waals surface area (Å²) in [6, 6.07) is 0. The number of hydrogen-bond donors (Lipinski definition) is 1. The second kappa shape index (κ2) is 4.74. The number of rotatable bonds is 4. The summed E-state index contributed by atoms with van der Waals surface area (Å²) in [5, 5.41) is 2.31. The Morgan fingerprint density at radius 3 is 1.83 bits per heavy atom. The third-order valence-corrected chi connectivity index (χ3v) is 3.24. The van der Waals surface area contributed by atoms with Crippen molar-refractivity contribution in [1.29, 1.82) is 0 Å². The standard InChI is InChI=1S/C12H12F5N/c1-5(6-2-3-6)4-18-12-10(16)8(14)7(13)9(15)11(12)17/h5-6,18H,2-4H2,1H3. The van der Waals surface area contributed by atoms with Gasteiger partial charge in [0.25, 0.3) is 0 Å². The molecule has 1 atom stereocenters. The van der Waals surface area contributed by atoms with Crippen molar-refractivity contribution in [3.8, 4) is 0 Å². The van der Waals surface area contributed by atoms with Gasteiger partial charge in [-0.3, -0.25) is 0 Å². The van der Waals surface area contributed by atoms with Gasteiger partial charge in [-0.1, -0.05) is 6.92 Å². The van der Waals surface area contributed by atoms with E-state index < -0.39 is 34.8 Å². The van der Waals surface area contributed by atoms with Crippen LogP contribution in [0.1, 0.15) is 19.8 Å². The number of anilines is 1. The summed E-state index contributed by atoms with van der Waals surface area (Å²) in [5.74, 6) is -8.99. The third kappa shape index (κ3) is 2.28. The fraction of sp³-hybridized carbons (Fsp3) is 0.500. The number of halogens is 5. The van der Waals surface area contributed by atoms with Gasteiger partial charge in [0.15, 0.2) is 23.3 Å². The Labute approximate surface area is 101 Å². The predicted molar refractivity (Wildman–Crippen MR) is 56.6 cm³/mol. The molecular weight excluding hydrogens is 253 g/mol. The molecule has 18 heavy (non-hydrogen) atoms. The lowest BCUT2D eigenvalue weighted by molar-refractivity contribution is 0.380. The molecule has 1 aliphatic rings. The summed E-state index contributed by atoms with van der Waals surface area (Å²) >= 11 is 0. The van der Waals surface area contributed by atoms with Crippen LogP contribution in [0.5, 0.6) is 0 Å². The Bertz CT molecular complexity index is 441. The molecule has 0 saturated heterocycles. The van der Waals surface area contributed by atoms with E-state index in [0.29, 0.717) is 5.92 Å². The van der Waals surface area contributed by atoms with Gasteiger partial charge in [0.2, 0.25) is 5.82 Å². The summed E-state index contributed by atoms with van der Waals surface area (Å²) in [4.78, 5) is 0. The molecule has 1 nitrogen and oxygen atoms in total. The van der Waals surface area contributed by atoms with Gasteiger partial charge in [0.1, 0.15) is 5.69 Å². The van der Waals surface area contributed by atoms with E-state index in [1.54, 1.807) is 0 Å². The van der Waals surface area contributed by atoms with E-state index in [1.807, 2.05) is 6.92 Å². The molecule has 1 aromatic rings. The Kier molecular flexibility index (Phi) is 3.45. The largest absolute Gasteiger partial charge is 0.380 e. The highest BCUT2D eigenvalue weighted by molar-refractivity contribution is 5.47. The molecule has 6 heteroatoms. The van der Waals surface area contributed by atoms with Crippen molar-refractivity contribution in [2.24, 2.45) is 11.8 Å². The summed E-state index contributed by atoms with van der Waals surface area (Å²) in [6.45, 7) is 2.06. The smallest absolute Gasteiger partial charge is 0.200 e. The Hall–Kier alpha value is -1.33. The van der Waals surface area contributed by atoms with Gasteiger partial charge in [0, 0.05) is 6.54 Å². The summed E-state index contributed by atoms with van der Waals surface area (Å²) in [6.07, 6.45) is 2.08. The molecule has 0 heterocycles. The van der Waals surface area contributed by atoms with E-state index >= 15 is 0 Å². The van der Waals surface area contributed by atoms with Crippen LogP contribution in [0.2, 0.25) is 0 Å². The lowest BCUT2D eigenvalue weighted by Crippen LogP contribution is -2.16. The second-order valence-electron chi connectivity index (χ2n) is 4.64. The average Bonchev–Trinajstić information content (AvgIpc) is 3.18. The van der Waals surface area contributed by atoms with Gasteiger partial charge < -0.3 is 5.32 Å². The van der Waals surface area contributed by atoms with Gasteiger partial charge in [-0.15, -0.1) is 0 Å². The average molecular weight is 265 g/mol. The third-order valence-electron chi connectivity index (χ3n) is 3.24. The molecule has 1 aliphatic carbocycles. The van der Waals surface area contributed by atoms with Crippen LogP contribution in [0.4, 0.5) is 27.6 Å². The maximum absolute atomic E-state index is 13.3. The van der Waals surface area contributed by atoms with E-state index in [9.17, 15) is 22.0 Å². The van der Waals surface area contributed by atoms with E-state index in [2.05, 4.69) is 5.32 Å². The fourth-order valence-corrected chi connectivity index (χ4v) is 1.86. The molecule has 0 bridgehead atoms. The number of nitrogens with one attached hydrogen (secondary N) is 1. The monoisotopic (exact) mass is 265 g/mol. The van der Waals surface area contributed by atoms with Gasteiger partial charge >= 0.3 is 0 Å². The predicted octanol–water partition coefficient (Wildman–Crippen LogP) is 3.84. The molecular formula is C12H12F5N. The van der Waals surface area contributed by atoms with E-state index in [1.165, 1.54) is 0 Å². The SMILES string of the molecule is CC(CNc1c(F)c(F)c(F)c(F)c1F)C1CC1. The zero-order valence-corrected chi connectivity index (χ0v) is 9.67. The summed E-state index contributed by atoms with van der Waals surface area (Å²) < 4.78 is 65.1. The molecule has 0 aliphatic heterocycles. The van der Waals surface area contributed by atoms with Gasteiger partial charge in [-0.05, 0) is 24.7 Å². The normalized spacial score (nSPS) is 16.8.